The molecule has 6 heteroatoms. The molecule has 90 valence electrons. The van der Waals surface area contributed by atoms with E-state index in [4.69, 9.17) is 22.6 Å². The van der Waals surface area contributed by atoms with Crippen molar-refractivity contribution in [3.63, 3.8) is 0 Å². The second-order valence-electron chi connectivity index (χ2n) is 3.61. The maximum Gasteiger partial charge on any atom is 0.224 e. The summed E-state index contributed by atoms with van der Waals surface area (Å²) in [6.45, 7) is 0.545. The molecule has 0 amide bonds. The van der Waals surface area contributed by atoms with E-state index in [2.05, 4.69) is 21.4 Å². The average Bonchev–Trinajstić information content (AvgIpc) is 2.40. The van der Waals surface area contributed by atoms with Gasteiger partial charge in [0.1, 0.15) is 0 Å². The fourth-order valence-corrected chi connectivity index (χ4v) is 1.53. The van der Waals surface area contributed by atoms with Gasteiger partial charge in [-0.25, -0.2) is 4.98 Å². The Bertz CT molecular complexity index is 588. The van der Waals surface area contributed by atoms with Crippen LogP contribution in [-0.2, 0) is 6.54 Å². The van der Waals surface area contributed by atoms with Gasteiger partial charge in [-0.05, 0) is 29.3 Å². The first-order chi connectivity index (χ1) is 8.69. The summed E-state index contributed by atoms with van der Waals surface area (Å²) in [6, 6.07) is 9.31. The van der Waals surface area contributed by atoms with Gasteiger partial charge in [0, 0.05) is 6.54 Å². The summed E-state index contributed by atoms with van der Waals surface area (Å²) >= 11 is 5.68. The lowest BCUT2D eigenvalue weighted by atomic mass is 10.1. The summed E-state index contributed by atoms with van der Waals surface area (Å²) < 4.78 is 0. The number of rotatable bonds is 3. The Kier molecular flexibility index (Phi) is 3.60. The van der Waals surface area contributed by atoms with Crippen molar-refractivity contribution in [2.24, 2.45) is 0 Å². The Labute approximate surface area is 109 Å². The fourth-order valence-electron chi connectivity index (χ4n) is 1.39. The van der Waals surface area contributed by atoms with Gasteiger partial charge < -0.3 is 11.1 Å². The average molecular weight is 260 g/mol. The lowest BCUT2D eigenvalue weighted by Crippen LogP contribution is -2.05. The van der Waals surface area contributed by atoms with Gasteiger partial charge in [-0.3, -0.25) is 0 Å². The van der Waals surface area contributed by atoms with E-state index in [1.807, 2.05) is 12.1 Å². The molecule has 3 N–H and O–H groups in total. The Morgan fingerprint density at radius 2 is 2.06 bits per heavy atom. The van der Waals surface area contributed by atoms with Gasteiger partial charge in [-0.15, -0.1) is 0 Å². The molecule has 0 aliphatic heterocycles. The molecule has 0 aliphatic rings. The van der Waals surface area contributed by atoms with E-state index < -0.39 is 0 Å². The Morgan fingerprint density at radius 3 is 2.72 bits per heavy atom. The largest absolute Gasteiger partial charge is 0.394 e. The number of nitrogens with two attached hydrogens (primary N) is 1. The number of nitrogens with one attached hydrogen (secondary N) is 1. The monoisotopic (exact) mass is 259 g/mol. The Balaban J connectivity index is 2.07. The van der Waals surface area contributed by atoms with Gasteiger partial charge in [0.2, 0.25) is 5.28 Å². The highest BCUT2D eigenvalue weighted by Crippen LogP contribution is 2.16. The number of nitrogens with zero attached hydrogens (tertiary/aromatic N) is 3. The highest BCUT2D eigenvalue weighted by Gasteiger charge is 2.02. The molecule has 0 bridgehead atoms. The number of hydrogen-bond acceptors (Lipinski definition) is 5. The van der Waals surface area contributed by atoms with Crippen molar-refractivity contribution < 1.29 is 0 Å². The summed E-state index contributed by atoms with van der Waals surface area (Å²) in [5, 5.41) is 11.9. The van der Waals surface area contributed by atoms with Crippen LogP contribution in [0.15, 0.2) is 30.5 Å². The van der Waals surface area contributed by atoms with Crippen LogP contribution in [0.25, 0.3) is 0 Å². The second kappa shape index (κ2) is 5.34. The van der Waals surface area contributed by atoms with E-state index in [1.165, 1.54) is 6.20 Å². The zero-order valence-electron chi connectivity index (χ0n) is 9.39. The number of anilines is 2. The predicted octanol–water partition coefficient (Wildman–Crippen LogP) is 2.20. The molecule has 1 aromatic heterocycles. The van der Waals surface area contributed by atoms with Gasteiger partial charge in [-0.1, -0.05) is 12.1 Å². The third kappa shape index (κ3) is 2.87. The van der Waals surface area contributed by atoms with Crippen molar-refractivity contribution in [1.82, 2.24) is 9.97 Å². The summed E-state index contributed by atoms with van der Waals surface area (Å²) in [4.78, 5) is 7.76. The normalized spacial score (nSPS) is 9.78. The third-order valence-electron chi connectivity index (χ3n) is 2.33. The summed E-state index contributed by atoms with van der Waals surface area (Å²) in [6.07, 6.45) is 1.45. The van der Waals surface area contributed by atoms with E-state index in [0.717, 1.165) is 5.56 Å². The molecule has 5 nitrogen and oxygen atoms in total. The SMILES string of the molecule is N#Cc1ccc(CNc2nc(Cl)ncc2N)cc1. The van der Waals surface area contributed by atoms with Crippen molar-refractivity contribution in [2.45, 2.75) is 6.54 Å². The topological polar surface area (TPSA) is 87.6 Å². The number of hydrogen-bond donors (Lipinski definition) is 2. The molecule has 0 fully saturated rings. The highest BCUT2D eigenvalue weighted by molar-refractivity contribution is 6.28. The molecular weight excluding hydrogens is 250 g/mol. The first-order valence-corrected chi connectivity index (χ1v) is 5.58. The van der Waals surface area contributed by atoms with Crippen LogP contribution in [0.5, 0.6) is 0 Å². The molecule has 0 unspecified atom stereocenters. The van der Waals surface area contributed by atoms with Gasteiger partial charge in [0.15, 0.2) is 5.82 Å². The molecule has 1 heterocycles. The molecule has 18 heavy (non-hydrogen) atoms. The zero-order valence-corrected chi connectivity index (χ0v) is 10.1. The minimum atomic E-state index is 0.145. The minimum Gasteiger partial charge on any atom is -0.394 e. The lowest BCUT2D eigenvalue weighted by Gasteiger charge is -2.08. The van der Waals surface area contributed by atoms with Crippen molar-refractivity contribution in [1.29, 1.82) is 5.26 Å². The summed E-state index contributed by atoms with van der Waals surface area (Å²) in [5.74, 6) is 0.499. The van der Waals surface area contributed by atoms with Gasteiger partial charge in [0.25, 0.3) is 0 Å². The molecule has 0 spiro atoms. The minimum absolute atomic E-state index is 0.145. The van der Waals surface area contributed by atoms with Crippen LogP contribution in [0.3, 0.4) is 0 Å². The lowest BCUT2D eigenvalue weighted by molar-refractivity contribution is 1.08. The maximum atomic E-state index is 8.69. The van der Waals surface area contributed by atoms with Crippen LogP contribution in [0.4, 0.5) is 11.5 Å². The van der Waals surface area contributed by atoms with Gasteiger partial charge in [0.05, 0.1) is 23.5 Å². The fraction of sp³-hybridized carbons (Fsp3) is 0.0833. The van der Waals surface area contributed by atoms with Crippen LogP contribution in [0.2, 0.25) is 5.28 Å². The van der Waals surface area contributed by atoms with E-state index in [-0.39, 0.29) is 5.28 Å². The van der Waals surface area contributed by atoms with Crippen molar-refractivity contribution in [3.8, 4) is 6.07 Å². The third-order valence-corrected chi connectivity index (χ3v) is 2.51. The van der Waals surface area contributed by atoms with Crippen LogP contribution in [0.1, 0.15) is 11.1 Å². The van der Waals surface area contributed by atoms with Crippen molar-refractivity contribution in [2.75, 3.05) is 11.1 Å². The Morgan fingerprint density at radius 1 is 1.33 bits per heavy atom. The van der Waals surface area contributed by atoms with E-state index in [1.54, 1.807) is 12.1 Å². The van der Waals surface area contributed by atoms with Crippen molar-refractivity contribution in [3.05, 3.63) is 46.9 Å². The molecule has 0 saturated heterocycles. The number of benzene rings is 1. The summed E-state index contributed by atoms with van der Waals surface area (Å²) in [5.41, 5.74) is 7.79. The smallest absolute Gasteiger partial charge is 0.224 e. The molecule has 2 rings (SSSR count). The molecule has 0 aliphatic carbocycles. The standard InChI is InChI=1S/C12H10ClN5/c13-12-17-7-10(15)11(18-12)16-6-9-3-1-8(5-14)2-4-9/h1-4,7H,6,15H2,(H,16,17,18). The first kappa shape index (κ1) is 12.1. The molecule has 2 aromatic rings. The highest BCUT2D eigenvalue weighted by atomic mass is 35.5. The molecule has 1 aromatic carbocycles. The van der Waals surface area contributed by atoms with Crippen LogP contribution in [-0.4, -0.2) is 9.97 Å². The van der Waals surface area contributed by atoms with Crippen molar-refractivity contribution >= 4 is 23.1 Å². The number of aromatic nitrogens is 2. The second-order valence-corrected chi connectivity index (χ2v) is 3.94. The van der Waals surface area contributed by atoms with Crippen LogP contribution < -0.4 is 11.1 Å². The Hall–Kier alpha value is -2.32. The molecule has 0 atom stereocenters. The van der Waals surface area contributed by atoms with Gasteiger partial charge >= 0.3 is 0 Å². The number of nitriles is 1. The van der Waals surface area contributed by atoms with E-state index >= 15 is 0 Å². The predicted molar refractivity (Wildman–Crippen MR) is 69.9 cm³/mol. The van der Waals surface area contributed by atoms with E-state index in [0.29, 0.717) is 23.6 Å². The quantitative estimate of drug-likeness (QED) is 0.825. The zero-order chi connectivity index (χ0) is 13.0. The van der Waals surface area contributed by atoms with Crippen LogP contribution >= 0.6 is 11.6 Å². The molecule has 0 saturated carbocycles. The molecular formula is C12H10ClN5. The first-order valence-electron chi connectivity index (χ1n) is 5.20. The number of halogens is 1. The van der Waals surface area contributed by atoms with Crippen LogP contribution in [0, 0.1) is 11.3 Å². The van der Waals surface area contributed by atoms with E-state index in [9.17, 15) is 0 Å². The van der Waals surface area contributed by atoms with Gasteiger partial charge in [-0.2, -0.15) is 10.2 Å². The molecule has 0 radical (unpaired) electrons. The summed E-state index contributed by atoms with van der Waals surface area (Å²) in [7, 11) is 0. The number of nitrogen functional groups attached to an aromatic ring is 1. The maximum absolute atomic E-state index is 8.69.